The highest BCUT2D eigenvalue weighted by molar-refractivity contribution is 7.89. The van der Waals surface area contributed by atoms with Gasteiger partial charge in [-0.3, -0.25) is 4.79 Å². The van der Waals surface area contributed by atoms with Crippen LogP contribution in [-0.4, -0.2) is 43.8 Å². The molecule has 0 aromatic heterocycles. The van der Waals surface area contributed by atoms with Gasteiger partial charge in [0.15, 0.2) is 0 Å². The number of anilines is 1. The fourth-order valence-corrected chi connectivity index (χ4v) is 6.11. The third-order valence-electron chi connectivity index (χ3n) is 5.36. The second kappa shape index (κ2) is 6.13. The van der Waals surface area contributed by atoms with Crippen molar-refractivity contribution in [3.05, 3.63) is 23.8 Å². The quantitative estimate of drug-likeness (QED) is 0.848. The van der Waals surface area contributed by atoms with E-state index in [9.17, 15) is 13.2 Å². The van der Waals surface area contributed by atoms with E-state index >= 15 is 0 Å². The lowest BCUT2D eigenvalue weighted by Gasteiger charge is -2.27. The van der Waals surface area contributed by atoms with Crippen LogP contribution in [0.15, 0.2) is 23.1 Å². The minimum atomic E-state index is -3.50. The monoisotopic (exact) mass is 349 g/mol. The summed E-state index contributed by atoms with van der Waals surface area (Å²) in [6.07, 6.45) is 4.72. The summed E-state index contributed by atoms with van der Waals surface area (Å²) < 4.78 is 28.2. The molecular formula is C17H23N3O3S. The van der Waals surface area contributed by atoms with Gasteiger partial charge in [-0.15, -0.1) is 0 Å². The van der Waals surface area contributed by atoms with Crippen molar-refractivity contribution in [2.45, 2.75) is 55.5 Å². The highest BCUT2D eigenvalue weighted by atomic mass is 32.2. The Kier molecular flexibility index (Phi) is 4.10. The Morgan fingerprint density at radius 3 is 2.79 bits per heavy atom. The summed E-state index contributed by atoms with van der Waals surface area (Å²) in [5, 5.41) is 6.20. The molecule has 4 rings (SSSR count). The summed E-state index contributed by atoms with van der Waals surface area (Å²) in [6, 6.07) is 5.30. The fraction of sp³-hybridized carbons (Fsp3) is 0.588. The smallest absolute Gasteiger partial charge is 0.243 e. The molecule has 6 nitrogen and oxygen atoms in total. The number of benzene rings is 1. The molecule has 2 saturated heterocycles. The Labute approximate surface area is 142 Å². The van der Waals surface area contributed by atoms with E-state index in [1.807, 2.05) is 0 Å². The average Bonchev–Trinajstić information content (AvgIpc) is 2.70. The maximum Gasteiger partial charge on any atom is 0.243 e. The van der Waals surface area contributed by atoms with Gasteiger partial charge in [0.25, 0.3) is 0 Å². The van der Waals surface area contributed by atoms with Crippen LogP contribution in [0.2, 0.25) is 0 Å². The topological polar surface area (TPSA) is 78.5 Å². The zero-order valence-electron chi connectivity index (χ0n) is 13.6. The molecule has 24 heavy (non-hydrogen) atoms. The summed E-state index contributed by atoms with van der Waals surface area (Å²) >= 11 is 0. The van der Waals surface area contributed by atoms with Crippen LogP contribution in [0.5, 0.6) is 0 Å². The maximum absolute atomic E-state index is 13.2. The number of sulfonamides is 1. The highest BCUT2D eigenvalue weighted by Gasteiger charge is 2.43. The first-order valence-corrected chi connectivity index (χ1v) is 10.2. The van der Waals surface area contributed by atoms with E-state index in [1.165, 1.54) is 0 Å². The molecule has 7 heteroatoms. The van der Waals surface area contributed by atoms with Gasteiger partial charge in [-0.05, 0) is 62.4 Å². The molecule has 3 aliphatic heterocycles. The first-order valence-electron chi connectivity index (χ1n) is 8.73. The van der Waals surface area contributed by atoms with E-state index in [-0.39, 0.29) is 18.0 Å². The summed E-state index contributed by atoms with van der Waals surface area (Å²) in [5.41, 5.74) is 1.67. The number of carbonyl (C=O) groups excluding carboxylic acids is 1. The second-order valence-electron chi connectivity index (χ2n) is 6.93. The van der Waals surface area contributed by atoms with Crippen molar-refractivity contribution < 1.29 is 13.2 Å². The Hall–Kier alpha value is -1.44. The number of rotatable bonds is 2. The van der Waals surface area contributed by atoms with E-state index in [2.05, 4.69) is 10.6 Å². The van der Waals surface area contributed by atoms with E-state index < -0.39 is 10.0 Å². The van der Waals surface area contributed by atoms with Gasteiger partial charge in [-0.1, -0.05) is 0 Å². The van der Waals surface area contributed by atoms with Crippen LogP contribution in [0.1, 0.15) is 37.7 Å². The second-order valence-corrected chi connectivity index (χ2v) is 8.78. The molecule has 3 heterocycles. The van der Waals surface area contributed by atoms with Gasteiger partial charge in [0.1, 0.15) is 0 Å². The molecule has 0 aliphatic carbocycles. The molecule has 130 valence electrons. The first kappa shape index (κ1) is 16.1. The van der Waals surface area contributed by atoms with Gasteiger partial charge < -0.3 is 10.6 Å². The largest absolute Gasteiger partial charge is 0.326 e. The minimum absolute atomic E-state index is 0.000920. The Balaban J connectivity index is 1.70. The van der Waals surface area contributed by atoms with Gasteiger partial charge in [0, 0.05) is 30.7 Å². The van der Waals surface area contributed by atoms with Gasteiger partial charge in [-0.25, -0.2) is 8.42 Å². The van der Waals surface area contributed by atoms with Gasteiger partial charge in [-0.2, -0.15) is 4.31 Å². The lowest BCUT2D eigenvalue weighted by molar-refractivity contribution is -0.116. The fourth-order valence-electron chi connectivity index (χ4n) is 4.16. The number of carbonyl (C=O) groups is 1. The third-order valence-corrected chi connectivity index (χ3v) is 7.36. The molecule has 2 atom stereocenters. The molecule has 0 spiro atoms. The predicted molar refractivity (Wildman–Crippen MR) is 91.3 cm³/mol. The number of hydrogen-bond donors (Lipinski definition) is 2. The highest BCUT2D eigenvalue weighted by Crippen LogP contribution is 2.35. The molecule has 2 unspecified atom stereocenters. The third kappa shape index (κ3) is 2.74. The van der Waals surface area contributed by atoms with Crippen LogP contribution < -0.4 is 10.6 Å². The van der Waals surface area contributed by atoms with Crippen molar-refractivity contribution in [1.82, 2.24) is 9.62 Å². The van der Waals surface area contributed by atoms with Crippen LogP contribution in [0, 0.1) is 0 Å². The molecule has 0 radical (unpaired) electrons. The molecule has 0 saturated carbocycles. The first-order chi connectivity index (χ1) is 11.6. The van der Waals surface area contributed by atoms with Crippen molar-refractivity contribution in [3.63, 3.8) is 0 Å². The van der Waals surface area contributed by atoms with E-state index in [0.717, 1.165) is 56.4 Å². The number of amides is 1. The number of nitrogens with zero attached hydrogens (tertiary/aromatic N) is 1. The summed E-state index contributed by atoms with van der Waals surface area (Å²) in [7, 11) is -3.50. The summed E-state index contributed by atoms with van der Waals surface area (Å²) in [5.74, 6) is 0.000920. The Morgan fingerprint density at radius 2 is 1.92 bits per heavy atom. The van der Waals surface area contributed by atoms with Crippen molar-refractivity contribution in [1.29, 1.82) is 0 Å². The van der Waals surface area contributed by atoms with Crippen molar-refractivity contribution in [2.24, 2.45) is 0 Å². The van der Waals surface area contributed by atoms with E-state index in [0.29, 0.717) is 11.3 Å². The van der Waals surface area contributed by atoms with Crippen LogP contribution in [-0.2, 0) is 21.2 Å². The minimum Gasteiger partial charge on any atom is -0.326 e. The van der Waals surface area contributed by atoms with Gasteiger partial charge in [0.05, 0.1) is 4.90 Å². The van der Waals surface area contributed by atoms with Crippen molar-refractivity contribution in [2.75, 3.05) is 18.4 Å². The predicted octanol–water partition coefficient (Wildman–Crippen LogP) is 1.48. The van der Waals surface area contributed by atoms with Gasteiger partial charge in [0.2, 0.25) is 15.9 Å². The summed E-state index contributed by atoms with van der Waals surface area (Å²) in [6.45, 7) is 1.61. The number of fused-ring (bicyclic) bond motifs is 3. The molecule has 1 aromatic rings. The number of nitrogens with one attached hydrogen (secondary N) is 2. The SMILES string of the molecule is O=C1CCCc2cc(S(=O)(=O)N3C4CCNCC3CC4)ccc2N1. The van der Waals surface area contributed by atoms with Crippen molar-refractivity contribution >= 4 is 21.6 Å². The molecular weight excluding hydrogens is 326 g/mol. The molecule has 1 amide bonds. The zero-order chi connectivity index (χ0) is 16.7. The Bertz CT molecular complexity index is 748. The van der Waals surface area contributed by atoms with Crippen molar-refractivity contribution in [3.8, 4) is 0 Å². The molecule has 2 N–H and O–H groups in total. The number of hydrogen-bond acceptors (Lipinski definition) is 4. The zero-order valence-corrected chi connectivity index (χ0v) is 14.4. The molecule has 2 fully saturated rings. The Morgan fingerprint density at radius 1 is 1.08 bits per heavy atom. The lowest BCUT2D eigenvalue weighted by atomic mass is 10.1. The van der Waals surface area contributed by atoms with E-state index in [1.54, 1.807) is 22.5 Å². The van der Waals surface area contributed by atoms with Crippen LogP contribution in [0.4, 0.5) is 5.69 Å². The van der Waals surface area contributed by atoms with Crippen LogP contribution >= 0.6 is 0 Å². The summed E-state index contributed by atoms with van der Waals surface area (Å²) in [4.78, 5) is 12.0. The van der Waals surface area contributed by atoms with Gasteiger partial charge >= 0.3 is 0 Å². The molecule has 1 aromatic carbocycles. The van der Waals surface area contributed by atoms with Crippen LogP contribution in [0.3, 0.4) is 0 Å². The number of aryl methyl sites for hydroxylation is 1. The standard InChI is InChI=1S/C17H23N3O3S/c21-17-3-1-2-12-10-15(6-7-16(12)19-17)24(22,23)20-13-4-5-14(20)11-18-9-8-13/h6-7,10,13-14,18H,1-5,8-9,11H2,(H,19,21). The molecule has 2 bridgehead atoms. The van der Waals surface area contributed by atoms with Crippen LogP contribution in [0.25, 0.3) is 0 Å². The maximum atomic E-state index is 13.2. The van der Waals surface area contributed by atoms with E-state index in [4.69, 9.17) is 0 Å². The average molecular weight is 349 g/mol. The lowest BCUT2D eigenvalue weighted by Crippen LogP contribution is -2.42. The molecule has 3 aliphatic rings. The normalized spacial score (nSPS) is 27.9.